The Balaban J connectivity index is 2.58. The van der Waals surface area contributed by atoms with Gasteiger partial charge in [-0.2, -0.15) is 0 Å². The third kappa shape index (κ3) is 2.99. The van der Waals surface area contributed by atoms with Gasteiger partial charge in [-0.3, -0.25) is 0 Å². The molecule has 1 aromatic heterocycles. The predicted molar refractivity (Wildman–Crippen MR) is 79.2 cm³/mol. The van der Waals surface area contributed by atoms with Crippen LogP contribution in [0.25, 0.3) is 11.3 Å². The quantitative estimate of drug-likeness (QED) is 0.915. The molecule has 0 saturated carbocycles. The van der Waals surface area contributed by atoms with E-state index in [0.29, 0.717) is 6.54 Å². The second-order valence-electron chi connectivity index (χ2n) is 5.11. The molecule has 0 radical (unpaired) electrons. The second kappa shape index (κ2) is 5.49. The first-order chi connectivity index (χ1) is 9.01. The van der Waals surface area contributed by atoms with E-state index in [-0.39, 0.29) is 0 Å². The molecule has 2 aromatic rings. The molecule has 0 amide bonds. The van der Waals surface area contributed by atoms with Gasteiger partial charge in [0.25, 0.3) is 0 Å². The molecular formula is C16H21N3. The molecule has 0 atom stereocenters. The summed E-state index contributed by atoms with van der Waals surface area (Å²) in [6.45, 7) is 9.12. The molecule has 100 valence electrons. The van der Waals surface area contributed by atoms with Crippen molar-refractivity contribution in [2.24, 2.45) is 0 Å². The summed E-state index contributed by atoms with van der Waals surface area (Å²) in [4.78, 5) is 9.12. The largest absolute Gasteiger partial charge is 0.313 e. The van der Waals surface area contributed by atoms with Crippen LogP contribution in [0.3, 0.4) is 0 Å². The van der Waals surface area contributed by atoms with Crippen LogP contribution in [0, 0.1) is 27.7 Å². The van der Waals surface area contributed by atoms with Crippen molar-refractivity contribution in [1.29, 1.82) is 0 Å². The summed E-state index contributed by atoms with van der Waals surface area (Å²) in [6.07, 6.45) is 0. The molecule has 0 spiro atoms. The Morgan fingerprint density at radius 2 is 1.58 bits per heavy atom. The second-order valence-corrected chi connectivity index (χ2v) is 5.11. The molecule has 0 fully saturated rings. The van der Waals surface area contributed by atoms with Gasteiger partial charge < -0.3 is 5.32 Å². The zero-order chi connectivity index (χ0) is 14.0. The summed E-state index contributed by atoms with van der Waals surface area (Å²) in [7, 11) is 1.91. The van der Waals surface area contributed by atoms with Gasteiger partial charge in [0.05, 0.1) is 12.2 Å². The lowest BCUT2D eigenvalue weighted by Gasteiger charge is -2.12. The van der Waals surface area contributed by atoms with E-state index in [1.807, 2.05) is 14.0 Å². The molecule has 1 heterocycles. The minimum Gasteiger partial charge on any atom is -0.313 e. The van der Waals surface area contributed by atoms with Gasteiger partial charge in [0.1, 0.15) is 5.82 Å². The van der Waals surface area contributed by atoms with E-state index in [4.69, 9.17) is 0 Å². The lowest BCUT2D eigenvalue weighted by Crippen LogP contribution is -2.10. The molecular weight excluding hydrogens is 234 g/mol. The van der Waals surface area contributed by atoms with E-state index in [0.717, 1.165) is 17.2 Å². The molecule has 3 heteroatoms. The van der Waals surface area contributed by atoms with Crippen LogP contribution < -0.4 is 5.32 Å². The van der Waals surface area contributed by atoms with Crippen LogP contribution in [0.1, 0.15) is 28.2 Å². The normalized spacial score (nSPS) is 10.8. The summed E-state index contributed by atoms with van der Waals surface area (Å²) >= 11 is 0. The minimum absolute atomic E-state index is 0.693. The van der Waals surface area contributed by atoms with Gasteiger partial charge in [-0.1, -0.05) is 17.7 Å². The first-order valence-corrected chi connectivity index (χ1v) is 6.58. The topological polar surface area (TPSA) is 37.8 Å². The van der Waals surface area contributed by atoms with Gasteiger partial charge >= 0.3 is 0 Å². The Morgan fingerprint density at radius 3 is 2.16 bits per heavy atom. The molecule has 19 heavy (non-hydrogen) atoms. The zero-order valence-corrected chi connectivity index (χ0v) is 12.3. The molecule has 1 N–H and O–H groups in total. The molecule has 3 nitrogen and oxygen atoms in total. The van der Waals surface area contributed by atoms with Gasteiger partial charge in [-0.15, -0.1) is 0 Å². The van der Waals surface area contributed by atoms with Crippen molar-refractivity contribution < 1.29 is 0 Å². The Hall–Kier alpha value is -1.74. The van der Waals surface area contributed by atoms with Crippen LogP contribution >= 0.6 is 0 Å². The van der Waals surface area contributed by atoms with E-state index < -0.39 is 0 Å². The van der Waals surface area contributed by atoms with Crippen LogP contribution in [-0.2, 0) is 6.54 Å². The molecule has 0 aliphatic rings. The minimum atomic E-state index is 0.693. The fourth-order valence-corrected chi connectivity index (χ4v) is 2.58. The third-order valence-corrected chi connectivity index (χ3v) is 3.17. The maximum absolute atomic E-state index is 4.67. The van der Waals surface area contributed by atoms with Gasteiger partial charge in [0.15, 0.2) is 0 Å². The lowest BCUT2D eigenvalue weighted by molar-refractivity contribution is 0.754. The fraction of sp³-hybridized carbons (Fsp3) is 0.375. The Labute approximate surface area is 115 Å². The van der Waals surface area contributed by atoms with Gasteiger partial charge in [0, 0.05) is 11.3 Å². The van der Waals surface area contributed by atoms with E-state index in [9.17, 15) is 0 Å². The maximum atomic E-state index is 4.67. The van der Waals surface area contributed by atoms with Crippen LogP contribution in [0.2, 0.25) is 0 Å². The maximum Gasteiger partial charge on any atom is 0.143 e. The lowest BCUT2D eigenvalue weighted by atomic mass is 9.97. The molecule has 2 rings (SSSR count). The molecule has 0 bridgehead atoms. The highest BCUT2D eigenvalue weighted by Gasteiger charge is 2.10. The standard InChI is InChI=1S/C16H21N3/c1-10-6-11(2)16(12(3)7-10)14-8-13(4)18-15(19-14)9-17-5/h6-8,17H,9H2,1-5H3. The summed E-state index contributed by atoms with van der Waals surface area (Å²) in [6, 6.07) is 6.47. The number of rotatable bonds is 3. The molecule has 0 saturated heterocycles. The van der Waals surface area contributed by atoms with Crippen molar-refractivity contribution in [2.45, 2.75) is 34.2 Å². The molecule has 0 aliphatic carbocycles. The average molecular weight is 255 g/mol. The summed E-state index contributed by atoms with van der Waals surface area (Å²) in [5.41, 5.74) is 7.09. The van der Waals surface area contributed by atoms with E-state index in [1.54, 1.807) is 0 Å². The van der Waals surface area contributed by atoms with E-state index in [2.05, 4.69) is 54.3 Å². The summed E-state index contributed by atoms with van der Waals surface area (Å²) in [5.74, 6) is 0.844. The number of hydrogen-bond donors (Lipinski definition) is 1. The number of benzene rings is 1. The number of aryl methyl sites for hydroxylation is 4. The highest BCUT2D eigenvalue weighted by molar-refractivity contribution is 5.68. The Morgan fingerprint density at radius 1 is 0.947 bits per heavy atom. The van der Waals surface area contributed by atoms with Gasteiger partial charge in [0.2, 0.25) is 0 Å². The number of nitrogens with zero attached hydrogens (tertiary/aromatic N) is 2. The molecule has 0 aliphatic heterocycles. The predicted octanol–water partition coefficient (Wildman–Crippen LogP) is 3.10. The van der Waals surface area contributed by atoms with Crippen molar-refractivity contribution in [1.82, 2.24) is 15.3 Å². The zero-order valence-electron chi connectivity index (χ0n) is 12.3. The molecule has 1 aromatic carbocycles. The van der Waals surface area contributed by atoms with Crippen LogP contribution in [0.4, 0.5) is 0 Å². The van der Waals surface area contributed by atoms with Crippen LogP contribution in [0.15, 0.2) is 18.2 Å². The van der Waals surface area contributed by atoms with Crippen molar-refractivity contribution >= 4 is 0 Å². The first-order valence-electron chi connectivity index (χ1n) is 6.58. The number of nitrogens with one attached hydrogen (secondary N) is 1. The summed E-state index contributed by atoms with van der Waals surface area (Å²) in [5, 5.41) is 3.10. The number of hydrogen-bond acceptors (Lipinski definition) is 3. The average Bonchev–Trinajstić information content (AvgIpc) is 2.26. The Kier molecular flexibility index (Phi) is 3.96. The van der Waals surface area contributed by atoms with Crippen LogP contribution in [0.5, 0.6) is 0 Å². The smallest absolute Gasteiger partial charge is 0.143 e. The highest BCUT2D eigenvalue weighted by atomic mass is 15.0. The van der Waals surface area contributed by atoms with Crippen molar-refractivity contribution in [3.63, 3.8) is 0 Å². The third-order valence-electron chi connectivity index (χ3n) is 3.17. The monoisotopic (exact) mass is 255 g/mol. The summed E-state index contributed by atoms with van der Waals surface area (Å²) < 4.78 is 0. The van der Waals surface area contributed by atoms with E-state index in [1.165, 1.54) is 22.3 Å². The SMILES string of the molecule is CNCc1nc(C)cc(-c2c(C)cc(C)cc2C)n1. The van der Waals surface area contributed by atoms with Gasteiger partial charge in [-0.25, -0.2) is 9.97 Å². The first kappa shape index (κ1) is 13.7. The van der Waals surface area contributed by atoms with Crippen LogP contribution in [-0.4, -0.2) is 17.0 Å². The van der Waals surface area contributed by atoms with Crippen molar-refractivity contribution in [3.8, 4) is 11.3 Å². The van der Waals surface area contributed by atoms with Gasteiger partial charge in [-0.05, 0) is 51.9 Å². The fourth-order valence-electron chi connectivity index (χ4n) is 2.58. The number of aromatic nitrogens is 2. The van der Waals surface area contributed by atoms with Crippen molar-refractivity contribution in [2.75, 3.05) is 7.05 Å². The molecule has 0 unspecified atom stereocenters. The highest BCUT2D eigenvalue weighted by Crippen LogP contribution is 2.27. The van der Waals surface area contributed by atoms with Crippen molar-refractivity contribution in [3.05, 3.63) is 46.4 Å². The Bertz CT molecular complexity index is 580. The van der Waals surface area contributed by atoms with E-state index >= 15 is 0 Å².